The van der Waals surface area contributed by atoms with Crippen LogP contribution in [-0.4, -0.2) is 60.9 Å². The normalized spacial score (nSPS) is 16.1. The van der Waals surface area contributed by atoms with Crippen LogP contribution in [0.15, 0.2) is 48.0 Å². The summed E-state index contributed by atoms with van der Waals surface area (Å²) in [5.74, 6) is 0.259. The first-order valence-corrected chi connectivity index (χ1v) is 11.0. The number of aromatic amines is 1. The molecular formula is C21H26N4OS2. The van der Waals surface area contributed by atoms with Gasteiger partial charge in [0, 0.05) is 60.6 Å². The Kier molecular flexibility index (Phi) is 6.59. The number of ether oxygens (including phenoxy) is 1. The average molecular weight is 415 g/mol. The molecule has 1 aliphatic rings. The van der Waals surface area contributed by atoms with Gasteiger partial charge < -0.3 is 20.4 Å². The number of nitrogens with zero attached hydrogens (tertiary/aromatic N) is 1. The van der Waals surface area contributed by atoms with Crippen molar-refractivity contribution in [2.75, 3.05) is 45.9 Å². The van der Waals surface area contributed by atoms with Crippen LogP contribution in [0, 0.1) is 0 Å². The molecule has 28 heavy (non-hydrogen) atoms. The third-order valence-electron chi connectivity index (χ3n) is 5.17. The standard InChI is InChI=1S/C21H26N4OS2/c27-21(22-7-8-25-9-11-26-12-10-25)24-15-18(20-6-3-13-28-20)17-14-23-19-5-2-1-4-16(17)19/h1-6,13-14,18,23H,7-12,15H2,(H2,22,24,27)/t18-/m1/s1. The monoisotopic (exact) mass is 414 g/mol. The number of fused-ring (bicyclic) bond motifs is 1. The molecule has 0 saturated carbocycles. The third-order valence-corrected chi connectivity index (χ3v) is 6.44. The Hall–Kier alpha value is -1.93. The number of aromatic nitrogens is 1. The fraction of sp³-hybridized carbons (Fsp3) is 0.381. The molecule has 3 heterocycles. The molecule has 1 atom stereocenters. The molecule has 3 aromatic rings. The summed E-state index contributed by atoms with van der Waals surface area (Å²) in [4.78, 5) is 7.14. The van der Waals surface area contributed by atoms with Gasteiger partial charge in [0.25, 0.3) is 0 Å². The van der Waals surface area contributed by atoms with E-state index in [9.17, 15) is 0 Å². The summed E-state index contributed by atoms with van der Waals surface area (Å²) < 4.78 is 5.39. The molecule has 1 fully saturated rings. The van der Waals surface area contributed by atoms with E-state index < -0.39 is 0 Å². The Labute approximate surface area is 175 Å². The van der Waals surface area contributed by atoms with Gasteiger partial charge in [0.05, 0.1) is 13.2 Å². The van der Waals surface area contributed by atoms with Crippen LogP contribution in [0.1, 0.15) is 16.4 Å². The number of H-pyrrole nitrogens is 1. The zero-order valence-corrected chi connectivity index (χ0v) is 17.5. The number of hydrogen-bond donors (Lipinski definition) is 3. The SMILES string of the molecule is S=C(NCCN1CCOCC1)NC[C@@H](c1cccs1)c1c[nH]c2ccccc12. The van der Waals surface area contributed by atoms with Crippen molar-refractivity contribution in [3.8, 4) is 0 Å². The van der Waals surface area contributed by atoms with E-state index in [1.807, 2.05) is 0 Å². The van der Waals surface area contributed by atoms with E-state index in [-0.39, 0.29) is 5.92 Å². The predicted octanol–water partition coefficient (Wildman–Crippen LogP) is 3.16. The fourth-order valence-corrected chi connectivity index (χ4v) is 4.68. The third kappa shape index (κ3) is 4.72. The minimum absolute atomic E-state index is 0.259. The lowest BCUT2D eigenvalue weighted by Crippen LogP contribution is -2.44. The second kappa shape index (κ2) is 9.52. The van der Waals surface area contributed by atoms with Crippen molar-refractivity contribution in [2.24, 2.45) is 0 Å². The molecule has 0 aliphatic carbocycles. The van der Waals surface area contributed by atoms with E-state index >= 15 is 0 Å². The summed E-state index contributed by atoms with van der Waals surface area (Å²) in [5, 5.41) is 10.9. The van der Waals surface area contributed by atoms with Crippen LogP contribution in [0.25, 0.3) is 10.9 Å². The summed E-state index contributed by atoms with van der Waals surface area (Å²) in [5.41, 5.74) is 2.48. The molecule has 7 heteroatoms. The van der Waals surface area contributed by atoms with Gasteiger partial charge in [-0.25, -0.2) is 0 Å². The lowest BCUT2D eigenvalue weighted by Gasteiger charge is -2.26. The molecule has 148 valence electrons. The van der Waals surface area contributed by atoms with Gasteiger partial charge >= 0.3 is 0 Å². The van der Waals surface area contributed by atoms with Gasteiger partial charge in [0.15, 0.2) is 5.11 Å². The Morgan fingerprint density at radius 2 is 2.04 bits per heavy atom. The van der Waals surface area contributed by atoms with Gasteiger partial charge in [-0.1, -0.05) is 24.3 Å². The highest BCUT2D eigenvalue weighted by molar-refractivity contribution is 7.80. The van der Waals surface area contributed by atoms with Gasteiger partial charge in [-0.05, 0) is 35.3 Å². The first-order chi connectivity index (χ1) is 13.8. The molecule has 4 rings (SSSR count). The molecule has 1 saturated heterocycles. The summed E-state index contributed by atoms with van der Waals surface area (Å²) in [7, 11) is 0. The number of para-hydroxylation sites is 1. The van der Waals surface area contributed by atoms with Crippen LogP contribution >= 0.6 is 23.6 Å². The van der Waals surface area contributed by atoms with Crippen molar-refractivity contribution in [2.45, 2.75) is 5.92 Å². The lowest BCUT2D eigenvalue weighted by molar-refractivity contribution is 0.0389. The van der Waals surface area contributed by atoms with E-state index in [0.717, 1.165) is 51.0 Å². The average Bonchev–Trinajstić information content (AvgIpc) is 3.40. The van der Waals surface area contributed by atoms with Gasteiger partial charge in [-0.2, -0.15) is 0 Å². The van der Waals surface area contributed by atoms with Crippen LogP contribution in [0.3, 0.4) is 0 Å². The summed E-state index contributed by atoms with van der Waals surface area (Å²) in [6.07, 6.45) is 2.13. The van der Waals surface area contributed by atoms with E-state index in [4.69, 9.17) is 17.0 Å². The molecule has 0 radical (unpaired) electrons. The Morgan fingerprint density at radius 1 is 1.18 bits per heavy atom. The summed E-state index contributed by atoms with van der Waals surface area (Å²) >= 11 is 7.31. The van der Waals surface area contributed by atoms with Crippen LogP contribution in [0.5, 0.6) is 0 Å². The van der Waals surface area contributed by atoms with Crippen molar-refractivity contribution in [3.05, 3.63) is 58.4 Å². The summed E-state index contributed by atoms with van der Waals surface area (Å²) in [6, 6.07) is 12.8. The van der Waals surface area contributed by atoms with Gasteiger partial charge in [-0.3, -0.25) is 4.90 Å². The number of benzene rings is 1. The van der Waals surface area contributed by atoms with E-state index in [0.29, 0.717) is 0 Å². The van der Waals surface area contributed by atoms with Crippen molar-refractivity contribution in [1.82, 2.24) is 20.5 Å². The smallest absolute Gasteiger partial charge is 0.166 e. The largest absolute Gasteiger partial charge is 0.379 e. The second-order valence-corrected chi connectivity index (χ2v) is 8.34. The molecule has 5 nitrogen and oxygen atoms in total. The number of rotatable bonds is 7. The molecular weight excluding hydrogens is 388 g/mol. The molecule has 1 aliphatic heterocycles. The Morgan fingerprint density at radius 3 is 2.86 bits per heavy atom. The van der Waals surface area contributed by atoms with E-state index in [2.05, 4.69) is 68.5 Å². The minimum Gasteiger partial charge on any atom is -0.379 e. The highest BCUT2D eigenvalue weighted by Gasteiger charge is 2.19. The molecule has 0 spiro atoms. The first-order valence-electron chi connectivity index (χ1n) is 9.72. The minimum atomic E-state index is 0.259. The zero-order chi connectivity index (χ0) is 19.2. The molecule has 0 bridgehead atoms. The number of thiocarbonyl (C=S) groups is 1. The maximum absolute atomic E-state index is 5.52. The van der Waals surface area contributed by atoms with Crippen LogP contribution in [0.2, 0.25) is 0 Å². The quantitative estimate of drug-likeness (QED) is 0.519. The maximum Gasteiger partial charge on any atom is 0.166 e. The van der Waals surface area contributed by atoms with Gasteiger partial charge in [0.2, 0.25) is 0 Å². The predicted molar refractivity (Wildman–Crippen MR) is 120 cm³/mol. The molecule has 0 unspecified atom stereocenters. The van der Waals surface area contributed by atoms with Crippen LogP contribution in [0.4, 0.5) is 0 Å². The van der Waals surface area contributed by atoms with Crippen LogP contribution < -0.4 is 10.6 Å². The highest BCUT2D eigenvalue weighted by Crippen LogP contribution is 2.32. The van der Waals surface area contributed by atoms with Gasteiger partial charge in [0.1, 0.15) is 0 Å². The van der Waals surface area contributed by atoms with Crippen molar-refractivity contribution in [1.29, 1.82) is 0 Å². The Bertz CT molecular complexity index is 887. The van der Waals surface area contributed by atoms with Crippen molar-refractivity contribution in [3.63, 3.8) is 0 Å². The molecule has 3 N–H and O–H groups in total. The highest BCUT2D eigenvalue weighted by atomic mass is 32.1. The van der Waals surface area contributed by atoms with Crippen molar-refractivity contribution >= 4 is 39.6 Å². The zero-order valence-electron chi connectivity index (χ0n) is 15.8. The Balaban J connectivity index is 1.36. The number of morpholine rings is 1. The molecule has 0 amide bonds. The number of thiophene rings is 1. The van der Waals surface area contributed by atoms with Crippen LogP contribution in [-0.2, 0) is 4.74 Å². The second-order valence-electron chi connectivity index (χ2n) is 6.95. The maximum atomic E-state index is 5.52. The first kappa shape index (κ1) is 19.4. The number of nitrogens with one attached hydrogen (secondary N) is 3. The summed E-state index contributed by atoms with van der Waals surface area (Å²) in [6.45, 7) is 6.27. The van der Waals surface area contributed by atoms with E-state index in [1.54, 1.807) is 11.3 Å². The number of hydrogen-bond acceptors (Lipinski definition) is 4. The van der Waals surface area contributed by atoms with Crippen molar-refractivity contribution < 1.29 is 4.74 Å². The lowest BCUT2D eigenvalue weighted by atomic mass is 9.97. The van der Waals surface area contributed by atoms with E-state index in [1.165, 1.54) is 21.3 Å². The molecule has 1 aromatic carbocycles. The van der Waals surface area contributed by atoms with Gasteiger partial charge in [-0.15, -0.1) is 11.3 Å². The molecule has 2 aromatic heterocycles. The fourth-order valence-electron chi connectivity index (χ4n) is 3.65. The topological polar surface area (TPSA) is 52.3 Å².